The zero-order valence-corrected chi connectivity index (χ0v) is 15.2. The third-order valence-electron chi connectivity index (χ3n) is 3.73. The maximum atomic E-state index is 12.1. The summed E-state index contributed by atoms with van der Waals surface area (Å²) in [4.78, 5) is 11.9. The van der Waals surface area contributed by atoms with E-state index in [0.717, 1.165) is 25.2 Å². The Bertz CT molecular complexity index is 591. The van der Waals surface area contributed by atoms with Crippen molar-refractivity contribution in [3.63, 3.8) is 0 Å². The van der Waals surface area contributed by atoms with Crippen LogP contribution in [0.4, 0.5) is 0 Å². The van der Waals surface area contributed by atoms with E-state index in [9.17, 15) is 13.2 Å². The van der Waals surface area contributed by atoms with Gasteiger partial charge in [-0.25, -0.2) is 0 Å². The minimum Gasteiger partial charge on any atom is -0.297 e. The highest BCUT2D eigenvalue weighted by Crippen LogP contribution is 2.17. The van der Waals surface area contributed by atoms with Gasteiger partial charge in [0.25, 0.3) is 10.1 Å². The van der Waals surface area contributed by atoms with Crippen LogP contribution in [0.3, 0.4) is 0 Å². The lowest BCUT2D eigenvalue weighted by molar-refractivity contribution is -0.121. The van der Waals surface area contributed by atoms with Crippen molar-refractivity contribution in [1.29, 1.82) is 0 Å². The zero-order chi connectivity index (χ0) is 17.3. The Morgan fingerprint density at radius 3 is 2.39 bits per heavy atom. The van der Waals surface area contributed by atoms with Gasteiger partial charge in [0.15, 0.2) is 5.78 Å². The van der Waals surface area contributed by atoms with Crippen molar-refractivity contribution in [2.24, 2.45) is 5.92 Å². The summed E-state index contributed by atoms with van der Waals surface area (Å²) in [7, 11) is -3.86. The van der Waals surface area contributed by atoms with Gasteiger partial charge in [-0.2, -0.15) is 8.42 Å². The first-order valence-corrected chi connectivity index (χ1v) is 9.70. The number of rotatable bonds is 11. The number of hydrogen-bond donors (Lipinski definition) is 0. The number of benzene rings is 1. The summed E-state index contributed by atoms with van der Waals surface area (Å²) in [6.07, 6.45) is 5.70. The minimum absolute atomic E-state index is 0.126. The van der Waals surface area contributed by atoms with Crippen LogP contribution in [-0.2, 0) is 19.1 Å². The Kier molecular flexibility index (Phi) is 8.48. The number of carbonyl (C=O) groups is 1. The number of unbranched alkanes of at least 4 members (excludes halogenated alkanes) is 3. The number of hydrogen-bond acceptors (Lipinski definition) is 4. The summed E-state index contributed by atoms with van der Waals surface area (Å²) >= 11 is 0. The van der Waals surface area contributed by atoms with Gasteiger partial charge >= 0.3 is 0 Å². The highest BCUT2D eigenvalue weighted by atomic mass is 32.2. The summed E-state index contributed by atoms with van der Waals surface area (Å²) in [6.45, 7) is 5.74. The molecule has 0 unspecified atom stereocenters. The Labute approximate surface area is 140 Å². The van der Waals surface area contributed by atoms with E-state index >= 15 is 0 Å². The van der Waals surface area contributed by atoms with Crippen LogP contribution in [0.5, 0.6) is 0 Å². The predicted octanol–water partition coefficient (Wildman–Crippen LogP) is 4.27. The SMILES string of the molecule is Cc1ccccc1S(=O)(=O)OCC(=O)CCCCCCC(C)C. The molecule has 0 bridgehead atoms. The molecule has 23 heavy (non-hydrogen) atoms. The second-order valence-corrected chi connectivity index (χ2v) is 7.95. The second-order valence-electron chi connectivity index (χ2n) is 6.37. The van der Waals surface area contributed by atoms with Gasteiger partial charge < -0.3 is 0 Å². The van der Waals surface area contributed by atoms with E-state index in [-0.39, 0.29) is 17.3 Å². The van der Waals surface area contributed by atoms with Crippen molar-refractivity contribution < 1.29 is 17.4 Å². The van der Waals surface area contributed by atoms with Crippen LogP contribution in [-0.4, -0.2) is 20.8 Å². The average molecular weight is 340 g/mol. The Balaban J connectivity index is 2.29. The first-order valence-electron chi connectivity index (χ1n) is 8.29. The van der Waals surface area contributed by atoms with E-state index in [0.29, 0.717) is 12.0 Å². The molecule has 0 aromatic heterocycles. The first-order chi connectivity index (χ1) is 10.8. The molecule has 0 atom stereocenters. The molecule has 130 valence electrons. The normalized spacial score (nSPS) is 11.8. The van der Waals surface area contributed by atoms with Gasteiger partial charge in [-0.05, 0) is 30.9 Å². The Morgan fingerprint density at radius 2 is 1.74 bits per heavy atom. The molecule has 1 aromatic carbocycles. The third kappa shape index (κ3) is 7.75. The first kappa shape index (κ1) is 19.8. The van der Waals surface area contributed by atoms with Gasteiger partial charge in [0, 0.05) is 6.42 Å². The molecule has 0 radical (unpaired) electrons. The number of Topliss-reactive ketones (excluding diaryl/α,β-unsaturated/α-hetero) is 1. The van der Waals surface area contributed by atoms with Crippen molar-refractivity contribution in [2.45, 2.75) is 64.2 Å². The van der Waals surface area contributed by atoms with Crippen LogP contribution in [0.15, 0.2) is 29.2 Å². The standard InChI is InChI=1S/C18H28O4S/c1-15(2)10-6-4-5-7-12-17(19)14-22-23(20,21)18-13-9-8-11-16(18)3/h8-9,11,13,15H,4-7,10,12,14H2,1-3H3. The second kappa shape index (κ2) is 9.83. The van der Waals surface area contributed by atoms with Crippen LogP contribution >= 0.6 is 0 Å². The van der Waals surface area contributed by atoms with Gasteiger partial charge in [0.05, 0.1) is 4.90 Å². The molecule has 4 nitrogen and oxygen atoms in total. The molecule has 1 aromatic rings. The van der Waals surface area contributed by atoms with Crippen LogP contribution < -0.4 is 0 Å². The maximum Gasteiger partial charge on any atom is 0.297 e. The topological polar surface area (TPSA) is 60.4 Å². The van der Waals surface area contributed by atoms with Crippen LogP contribution in [0.1, 0.15) is 57.9 Å². The fourth-order valence-corrected chi connectivity index (χ4v) is 3.47. The molecule has 0 saturated carbocycles. The van der Waals surface area contributed by atoms with Crippen molar-refractivity contribution >= 4 is 15.9 Å². The smallest absolute Gasteiger partial charge is 0.297 e. The van der Waals surface area contributed by atoms with Crippen molar-refractivity contribution in [3.05, 3.63) is 29.8 Å². The Hall–Kier alpha value is -1.20. The summed E-state index contributed by atoms with van der Waals surface area (Å²) in [5.74, 6) is 0.558. The molecular formula is C18H28O4S. The van der Waals surface area contributed by atoms with Crippen molar-refractivity contribution in [1.82, 2.24) is 0 Å². The van der Waals surface area contributed by atoms with Crippen LogP contribution in [0, 0.1) is 12.8 Å². The highest BCUT2D eigenvalue weighted by Gasteiger charge is 2.18. The number of carbonyl (C=O) groups excluding carboxylic acids is 1. The van der Waals surface area contributed by atoms with E-state index in [1.165, 1.54) is 18.9 Å². The molecule has 0 fully saturated rings. The molecule has 0 heterocycles. The number of aryl methyl sites for hydroxylation is 1. The van der Waals surface area contributed by atoms with E-state index < -0.39 is 10.1 Å². The molecule has 5 heteroatoms. The number of ketones is 1. The summed E-state index contributed by atoms with van der Waals surface area (Å²) in [5.41, 5.74) is 0.616. The summed E-state index contributed by atoms with van der Waals surface area (Å²) < 4.78 is 29.0. The fraction of sp³-hybridized carbons (Fsp3) is 0.611. The quantitative estimate of drug-likeness (QED) is 0.446. The van der Waals surface area contributed by atoms with E-state index in [2.05, 4.69) is 13.8 Å². The molecule has 0 saturated heterocycles. The molecule has 0 amide bonds. The third-order valence-corrected chi connectivity index (χ3v) is 5.15. The van der Waals surface area contributed by atoms with E-state index in [1.54, 1.807) is 25.1 Å². The lowest BCUT2D eigenvalue weighted by atomic mass is 10.0. The monoisotopic (exact) mass is 340 g/mol. The summed E-state index contributed by atoms with van der Waals surface area (Å²) in [6, 6.07) is 6.60. The molecule has 0 N–H and O–H groups in total. The van der Waals surface area contributed by atoms with Gasteiger partial charge in [-0.1, -0.05) is 57.7 Å². The van der Waals surface area contributed by atoms with Gasteiger partial charge in [0.2, 0.25) is 0 Å². The van der Waals surface area contributed by atoms with Gasteiger partial charge in [-0.3, -0.25) is 8.98 Å². The zero-order valence-electron chi connectivity index (χ0n) is 14.4. The maximum absolute atomic E-state index is 12.1. The van der Waals surface area contributed by atoms with Gasteiger partial charge in [-0.15, -0.1) is 0 Å². The molecule has 0 aliphatic rings. The van der Waals surface area contributed by atoms with E-state index in [1.807, 2.05) is 0 Å². The molecule has 0 aliphatic carbocycles. The lowest BCUT2D eigenvalue weighted by Crippen LogP contribution is -2.15. The molecule has 1 rings (SSSR count). The van der Waals surface area contributed by atoms with Crippen molar-refractivity contribution in [3.8, 4) is 0 Å². The van der Waals surface area contributed by atoms with Gasteiger partial charge in [0.1, 0.15) is 6.61 Å². The largest absolute Gasteiger partial charge is 0.297 e. The van der Waals surface area contributed by atoms with Crippen LogP contribution in [0.25, 0.3) is 0 Å². The fourth-order valence-electron chi connectivity index (χ4n) is 2.34. The predicted molar refractivity (Wildman–Crippen MR) is 91.9 cm³/mol. The summed E-state index contributed by atoms with van der Waals surface area (Å²) in [5, 5.41) is 0. The lowest BCUT2D eigenvalue weighted by Gasteiger charge is -2.07. The molecule has 0 aliphatic heterocycles. The average Bonchev–Trinajstić information content (AvgIpc) is 2.49. The van der Waals surface area contributed by atoms with E-state index in [4.69, 9.17) is 4.18 Å². The van der Waals surface area contributed by atoms with Crippen LogP contribution in [0.2, 0.25) is 0 Å². The Morgan fingerprint density at radius 1 is 1.09 bits per heavy atom. The highest BCUT2D eigenvalue weighted by molar-refractivity contribution is 7.86. The minimum atomic E-state index is -3.86. The molecule has 0 spiro atoms. The van der Waals surface area contributed by atoms with Crippen molar-refractivity contribution in [2.75, 3.05) is 6.61 Å². The molecular weight excluding hydrogens is 312 g/mol.